The van der Waals surface area contributed by atoms with Crippen molar-refractivity contribution in [2.45, 2.75) is 0 Å². The second-order valence-corrected chi connectivity index (χ2v) is 3.58. The van der Waals surface area contributed by atoms with Gasteiger partial charge in [0.05, 0.1) is 0 Å². The fourth-order valence-corrected chi connectivity index (χ4v) is 1.35. The van der Waals surface area contributed by atoms with Gasteiger partial charge in [-0.15, -0.1) is 0 Å². The Hall–Kier alpha value is -0.840. The number of hydrogen-bond donors (Lipinski definition) is 0. The first-order valence-corrected chi connectivity index (χ1v) is 5.24. The van der Waals surface area contributed by atoms with Crippen molar-refractivity contribution >= 4 is 15.9 Å². The zero-order valence-corrected chi connectivity index (χ0v) is 9.60. The molecule has 0 fully saturated rings. The molecule has 0 aliphatic rings. The second kappa shape index (κ2) is 6.61. The fraction of sp³-hybridized carbons (Fsp3) is 0.400. The molecule has 0 aliphatic heterocycles. The minimum Gasteiger partial charge on any atom is -0.487 e. The lowest BCUT2D eigenvalue weighted by atomic mass is 10.3. The van der Waals surface area contributed by atoms with Crippen LogP contribution in [0, 0.1) is 0 Å². The van der Waals surface area contributed by atoms with Gasteiger partial charge < -0.3 is 9.47 Å². The van der Waals surface area contributed by atoms with Gasteiger partial charge in [0.2, 0.25) is 0 Å². The van der Waals surface area contributed by atoms with Crippen LogP contribution in [0.2, 0.25) is 0 Å². The van der Waals surface area contributed by atoms with E-state index in [1.807, 2.05) is 0 Å². The summed E-state index contributed by atoms with van der Waals surface area (Å²) in [5.41, 5.74) is 0. The number of halogens is 3. The molecule has 0 N–H and O–H groups in total. The van der Waals surface area contributed by atoms with Crippen molar-refractivity contribution in [2.24, 2.45) is 0 Å². The molecule has 15 heavy (non-hydrogen) atoms. The largest absolute Gasteiger partial charge is 0.487 e. The molecular formula is C10H11BrF2O2. The quantitative estimate of drug-likeness (QED) is 0.797. The van der Waals surface area contributed by atoms with Crippen LogP contribution in [0.4, 0.5) is 8.78 Å². The van der Waals surface area contributed by atoms with Crippen LogP contribution in [0.25, 0.3) is 0 Å². The van der Waals surface area contributed by atoms with E-state index in [0.29, 0.717) is 11.5 Å². The van der Waals surface area contributed by atoms with Gasteiger partial charge in [-0.1, -0.05) is 15.9 Å². The van der Waals surface area contributed by atoms with Crippen LogP contribution in [0.5, 0.6) is 11.5 Å². The number of ether oxygens (including phenoxy) is 2. The van der Waals surface area contributed by atoms with Gasteiger partial charge in [-0.3, -0.25) is 0 Å². The van der Waals surface area contributed by atoms with Crippen molar-refractivity contribution < 1.29 is 18.3 Å². The lowest BCUT2D eigenvalue weighted by Gasteiger charge is -2.11. The van der Waals surface area contributed by atoms with Crippen molar-refractivity contribution in [3.63, 3.8) is 0 Å². The molecule has 1 rings (SSSR count). The van der Waals surface area contributed by atoms with E-state index in [1.54, 1.807) is 18.2 Å². The molecule has 0 bridgehead atoms. The Labute approximate surface area is 95.3 Å². The molecule has 1 aromatic rings. The summed E-state index contributed by atoms with van der Waals surface area (Å²) in [6.45, 7) is -1.22. The SMILES string of the molecule is FCCOc1ccc(Br)cc1OCCF. The minimum absolute atomic E-state index is 0.0341. The van der Waals surface area contributed by atoms with Crippen LogP contribution >= 0.6 is 15.9 Å². The molecule has 2 nitrogen and oxygen atoms in total. The Balaban J connectivity index is 2.73. The maximum Gasteiger partial charge on any atom is 0.162 e. The first-order chi connectivity index (χ1) is 7.27. The molecular weight excluding hydrogens is 270 g/mol. The van der Waals surface area contributed by atoms with Crippen molar-refractivity contribution in [1.29, 1.82) is 0 Å². The normalized spacial score (nSPS) is 10.1. The summed E-state index contributed by atoms with van der Waals surface area (Å²) in [7, 11) is 0. The maximum absolute atomic E-state index is 11.9. The molecule has 0 radical (unpaired) electrons. The fourth-order valence-electron chi connectivity index (χ4n) is 1.01. The van der Waals surface area contributed by atoms with Gasteiger partial charge in [-0.25, -0.2) is 8.78 Å². The van der Waals surface area contributed by atoms with Crippen molar-refractivity contribution in [3.05, 3.63) is 22.7 Å². The molecule has 0 amide bonds. The Morgan fingerprint density at radius 1 is 1.00 bits per heavy atom. The molecule has 1 aromatic carbocycles. The van der Waals surface area contributed by atoms with Crippen LogP contribution < -0.4 is 9.47 Å². The average Bonchev–Trinajstić information content (AvgIpc) is 2.25. The monoisotopic (exact) mass is 280 g/mol. The van der Waals surface area contributed by atoms with E-state index in [2.05, 4.69) is 15.9 Å². The van der Waals surface area contributed by atoms with Crippen LogP contribution in [0.3, 0.4) is 0 Å². The summed E-state index contributed by atoms with van der Waals surface area (Å²) in [5, 5.41) is 0. The highest BCUT2D eigenvalue weighted by atomic mass is 79.9. The first-order valence-electron chi connectivity index (χ1n) is 4.45. The van der Waals surface area contributed by atoms with Gasteiger partial charge in [0.1, 0.15) is 26.6 Å². The van der Waals surface area contributed by atoms with Gasteiger partial charge in [0.25, 0.3) is 0 Å². The molecule has 0 heterocycles. The van der Waals surface area contributed by atoms with Crippen molar-refractivity contribution in [3.8, 4) is 11.5 Å². The summed E-state index contributed by atoms with van der Waals surface area (Å²) in [6, 6.07) is 5.05. The molecule has 0 aliphatic carbocycles. The molecule has 84 valence electrons. The molecule has 0 unspecified atom stereocenters. The van der Waals surface area contributed by atoms with E-state index in [1.165, 1.54) is 0 Å². The number of hydrogen-bond acceptors (Lipinski definition) is 2. The third kappa shape index (κ3) is 4.03. The Kier molecular flexibility index (Phi) is 5.39. The van der Waals surface area contributed by atoms with Crippen LogP contribution in [-0.4, -0.2) is 26.6 Å². The lowest BCUT2D eigenvalue weighted by molar-refractivity contribution is 0.235. The molecule has 0 aromatic heterocycles. The van der Waals surface area contributed by atoms with E-state index in [9.17, 15) is 8.78 Å². The lowest BCUT2D eigenvalue weighted by Crippen LogP contribution is -2.04. The van der Waals surface area contributed by atoms with E-state index in [0.717, 1.165) is 4.47 Å². The predicted molar refractivity (Wildman–Crippen MR) is 57.1 cm³/mol. The Bertz CT molecular complexity index is 307. The molecule has 0 saturated carbocycles. The van der Waals surface area contributed by atoms with Crippen LogP contribution in [0.15, 0.2) is 22.7 Å². The van der Waals surface area contributed by atoms with Crippen LogP contribution in [-0.2, 0) is 0 Å². The summed E-state index contributed by atoms with van der Waals surface area (Å²) < 4.78 is 34.8. The molecule has 0 spiro atoms. The highest BCUT2D eigenvalue weighted by Crippen LogP contribution is 2.30. The Morgan fingerprint density at radius 3 is 2.20 bits per heavy atom. The average molecular weight is 281 g/mol. The van der Waals surface area contributed by atoms with Gasteiger partial charge in [-0.05, 0) is 18.2 Å². The molecule has 0 saturated heterocycles. The highest BCUT2D eigenvalue weighted by Gasteiger charge is 2.05. The third-order valence-corrected chi connectivity index (χ3v) is 2.07. The summed E-state index contributed by atoms with van der Waals surface area (Å²) in [5.74, 6) is 0.833. The summed E-state index contributed by atoms with van der Waals surface area (Å²) >= 11 is 3.25. The van der Waals surface area contributed by atoms with E-state index in [4.69, 9.17) is 9.47 Å². The first kappa shape index (κ1) is 12.2. The van der Waals surface area contributed by atoms with E-state index < -0.39 is 13.3 Å². The number of benzene rings is 1. The van der Waals surface area contributed by atoms with Crippen LogP contribution in [0.1, 0.15) is 0 Å². The third-order valence-electron chi connectivity index (χ3n) is 1.58. The zero-order chi connectivity index (χ0) is 11.1. The topological polar surface area (TPSA) is 18.5 Å². The summed E-state index contributed by atoms with van der Waals surface area (Å²) in [6.07, 6.45) is 0. The Morgan fingerprint density at radius 2 is 1.60 bits per heavy atom. The summed E-state index contributed by atoms with van der Waals surface area (Å²) in [4.78, 5) is 0. The maximum atomic E-state index is 11.9. The van der Waals surface area contributed by atoms with Gasteiger partial charge in [0.15, 0.2) is 11.5 Å². The number of rotatable bonds is 6. The standard InChI is InChI=1S/C10H11BrF2O2/c11-8-1-2-9(14-5-3-12)10(7-8)15-6-4-13/h1-2,7H,3-6H2. The van der Waals surface area contributed by atoms with E-state index in [-0.39, 0.29) is 13.2 Å². The van der Waals surface area contributed by atoms with Gasteiger partial charge in [0, 0.05) is 4.47 Å². The minimum atomic E-state index is -0.574. The van der Waals surface area contributed by atoms with Gasteiger partial charge in [-0.2, -0.15) is 0 Å². The van der Waals surface area contributed by atoms with Crippen molar-refractivity contribution in [1.82, 2.24) is 0 Å². The van der Waals surface area contributed by atoms with Gasteiger partial charge >= 0.3 is 0 Å². The number of alkyl halides is 2. The zero-order valence-electron chi connectivity index (χ0n) is 8.01. The second-order valence-electron chi connectivity index (χ2n) is 2.67. The highest BCUT2D eigenvalue weighted by molar-refractivity contribution is 9.10. The van der Waals surface area contributed by atoms with E-state index >= 15 is 0 Å². The predicted octanol–water partition coefficient (Wildman–Crippen LogP) is 3.15. The molecule has 5 heteroatoms. The molecule has 0 atom stereocenters. The smallest absolute Gasteiger partial charge is 0.162 e. The van der Waals surface area contributed by atoms with Crippen molar-refractivity contribution in [2.75, 3.05) is 26.6 Å².